The van der Waals surface area contributed by atoms with Crippen LogP contribution >= 0.6 is 9.24 Å². The van der Waals surface area contributed by atoms with E-state index in [-0.39, 0.29) is 102 Å². The molecule has 1 aliphatic heterocycles. The maximum absolute atomic E-state index is 12.5. The normalized spacial score (nSPS) is 14.1. The monoisotopic (exact) mass is 583 g/mol. The van der Waals surface area contributed by atoms with Gasteiger partial charge in [0.15, 0.2) is 5.82 Å². The number of hydrogen-bond acceptors (Lipinski definition) is 4. The number of amides is 2. The number of fused-ring (bicyclic) bond motifs is 1. The van der Waals surface area contributed by atoms with Gasteiger partial charge in [0.25, 0.3) is 6.71 Å². The molecule has 1 fully saturated rings. The second-order valence-electron chi connectivity index (χ2n) is 7.16. The molecule has 7 nitrogen and oxygen atoms in total. The third-order valence-electron chi connectivity index (χ3n) is 4.86. The van der Waals surface area contributed by atoms with Gasteiger partial charge >= 0.3 is 74.9 Å². The van der Waals surface area contributed by atoms with E-state index in [0.29, 0.717) is 25.1 Å². The first-order valence-corrected chi connectivity index (χ1v) is 10.2. The van der Waals surface area contributed by atoms with Crippen molar-refractivity contribution in [3.63, 3.8) is 0 Å². The molecular formula is C20H28BCsF2N5O2P. The standard InChI is InChI=1S/C13H17N4O2P.C6H8BF2N.CH3.Cs/c1-14-13(19)17(6-3-7-18)12-10-8-9(20)4-5-11(10)16(2)15-12;8-6(9)2-1-3-7(4-6)5-10;;/h4-5,7-8H,3,6,20H2,1-2H3,(H,14,19);1-4H2;1H3;/q;;-1;+1. The summed E-state index contributed by atoms with van der Waals surface area (Å²) in [6.07, 6.45) is 1.93. The molecule has 32 heavy (non-hydrogen) atoms. The average molecular weight is 583 g/mol. The largest absolute Gasteiger partial charge is 1.00 e. The number of hydrogen-bond donors (Lipinski definition) is 1. The van der Waals surface area contributed by atoms with E-state index in [1.807, 2.05) is 31.2 Å². The molecular weight excluding hydrogens is 555 g/mol. The zero-order valence-electron chi connectivity index (χ0n) is 19.1. The molecule has 1 aromatic heterocycles. The number of carbonyl (C=O) groups excluding carboxylic acids is 2. The van der Waals surface area contributed by atoms with Gasteiger partial charge in [-0.25, -0.2) is 18.8 Å². The van der Waals surface area contributed by atoms with Gasteiger partial charge in [0.1, 0.15) is 6.29 Å². The number of alkyl halides is 2. The molecule has 0 radical (unpaired) electrons. The molecule has 1 aromatic carbocycles. The van der Waals surface area contributed by atoms with Crippen LogP contribution in [0.15, 0.2) is 18.2 Å². The fraction of sp³-hybridized carbons (Fsp3) is 0.450. The van der Waals surface area contributed by atoms with Gasteiger partial charge in [-0.3, -0.25) is 9.58 Å². The van der Waals surface area contributed by atoms with Gasteiger partial charge in [-0.2, -0.15) is 5.10 Å². The first-order valence-electron chi connectivity index (χ1n) is 9.65. The number of aldehydes is 1. The van der Waals surface area contributed by atoms with E-state index in [0.717, 1.165) is 22.5 Å². The molecule has 0 saturated carbocycles. The summed E-state index contributed by atoms with van der Waals surface area (Å²) >= 11 is 0. The van der Waals surface area contributed by atoms with Gasteiger partial charge in [0.05, 0.1) is 5.52 Å². The number of urea groups is 1. The molecule has 1 atom stereocenters. The summed E-state index contributed by atoms with van der Waals surface area (Å²) in [6.45, 7) is -0.111. The Morgan fingerprint density at radius 1 is 1.50 bits per heavy atom. The maximum Gasteiger partial charge on any atom is 1.00 e. The van der Waals surface area contributed by atoms with Crippen LogP contribution in [0.3, 0.4) is 0 Å². The summed E-state index contributed by atoms with van der Waals surface area (Å²) in [5.74, 6) is -0.128. The zero-order chi connectivity index (χ0) is 22.3. The van der Waals surface area contributed by atoms with Crippen LogP contribution in [0.4, 0.5) is 19.4 Å². The molecule has 2 heterocycles. The number of nitrogens with zero attached hydrogens (tertiary/aromatic N) is 4. The second-order valence-corrected chi connectivity index (χ2v) is 7.83. The van der Waals surface area contributed by atoms with Crippen molar-refractivity contribution in [2.24, 2.45) is 7.05 Å². The fourth-order valence-corrected chi connectivity index (χ4v) is 3.63. The van der Waals surface area contributed by atoms with Gasteiger partial charge < -0.3 is 17.5 Å². The van der Waals surface area contributed by atoms with Crippen molar-refractivity contribution in [3.8, 4) is 5.97 Å². The average Bonchev–Trinajstić information content (AvgIpc) is 3.03. The minimum Gasteiger partial charge on any atom is -0.358 e. The molecule has 0 spiro atoms. The van der Waals surface area contributed by atoms with E-state index in [2.05, 4.69) is 19.7 Å². The first kappa shape index (κ1) is 31.5. The van der Waals surface area contributed by atoms with Crippen LogP contribution in [-0.2, 0) is 11.8 Å². The van der Waals surface area contributed by atoms with E-state index < -0.39 is 12.6 Å². The van der Waals surface area contributed by atoms with Gasteiger partial charge in [-0.1, -0.05) is 18.8 Å². The van der Waals surface area contributed by atoms with E-state index in [1.165, 1.54) is 4.90 Å². The Kier molecular flexibility index (Phi) is 14.5. The number of carbonyl (C=O) groups is 2. The molecule has 1 aliphatic rings. The molecule has 1 unspecified atom stereocenters. The number of aromatic nitrogens is 2. The van der Waals surface area contributed by atoms with Crippen LogP contribution in [0, 0.1) is 18.7 Å². The predicted molar refractivity (Wildman–Crippen MR) is 124 cm³/mol. The summed E-state index contributed by atoms with van der Waals surface area (Å²) in [5, 5.41) is 17.2. The quantitative estimate of drug-likeness (QED) is 0.242. The molecule has 168 valence electrons. The number of nitriles is 1. The molecule has 2 aromatic rings. The van der Waals surface area contributed by atoms with Crippen LogP contribution in [0.1, 0.15) is 19.3 Å². The Hall–Kier alpha value is -0.473. The number of halogens is 2. The summed E-state index contributed by atoms with van der Waals surface area (Å²) in [5.41, 5.74) is 0.936. The molecule has 3 rings (SSSR count). The summed E-state index contributed by atoms with van der Waals surface area (Å²) < 4.78 is 26.7. The zero-order valence-corrected chi connectivity index (χ0v) is 26.5. The van der Waals surface area contributed by atoms with Crippen LogP contribution in [0.5, 0.6) is 0 Å². The minimum atomic E-state index is -2.57. The van der Waals surface area contributed by atoms with E-state index in [1.54, 1.807) is 11.7 Å². The molecule has 12 heteroatoms. The third-order valence-corrected chi connectivity index (χ3v) is 5.22. The number of rotatable bonds is 4. The van der Waals surface area contributed by atoms with Crippen LogP contribution in [0.25, 0.3) is 10.9 Å². The number of benzene rings is 1. The maximum atomic E-state index is 12.5. The number of anilines is 1. The predicted octanol–water partition coefficient (Wildman–Crippen LogP) is 0.236. The van der Waals surface area contributed by atoms with Crippen LogP contribution < -0.4 is 84.4 Å². The fourth-order valence-electron chi connectivity index (χ4n) is 3.37. The first-order chi connectivity index (χ1) is 14.2. The van der Waals surface area contributed by atoms with Crippen LogP contribution in [-0.4, -0.2) is 48.3 Å². The van der Waals surface area contributed by atoms with E-state index >= 15 is 0 Å². The van der Waals surface area contributed by atoms with Gasteiger partial charge in [0.2, 0.25) is 5.92 Å². The number of nitrogens with one attached hydrogen (secondary N) is 1. The number of aryl methyl sites for hydroxylation is 1. The van der Waals surface area contributed by atoms with E-state index in [9.17, 15) is 18.4 Å². The Balaban J connectivity index is 0.000000683. The van der Waals surface area contributed by atoms with Crippen molar-refractivity contribution >= 4 is 50.3 Å². The van der Waals surface area contributed by atoms with Gasteiger partial charge in [-0.15, -0.1) is 9.24 Å². The Morgan fingerprint density at radius 2 is 2.19 bits per heavy atom. The Morgan fingerprint density at radius 3 is 2.72 bits per heavy atom. The van der Waals surface area contributed by atoms with Crippen molar-refractivity contribution in [2.75, 3.05) is 18.5 Å². The Bertz CT molecular complexity index is 954. The topological polar surface area (TPSA) is 91.0 Å². The SMILES string of the molecule is CNC(=O)N(CCC=O)c1nn(C)c2ccc(P)cc12.N#CB1CCCC(F)(F)C1.[CH3-].[Cs+]. The summed E-state index contributed by atoms with van der Waals surface area (Å²) in [4.78, 5) is 24.1. The molecule has 1 N–H and O–H groups in total. The van der Waals surface area contributed by atoms with Crippen molar-refractivity contribution in [1.82, 2.24) is 15.1 Å². The van der Waals surface area contributed by atoms with Gasteiger partial charge in [-0.05, 0) is 17.4 Å². The summed E-state index contributed by atoms with van der Waals surface area (Å²) in [6, 6.07) is 5.60. The summed E-state index contributed by atoms with van der Waals surface area (Å²) in [7, 11) is 6.01. The van der Waals surface area contributed by atoms with Crippen LogP contribution in [0.2, 0.25) is 12.6 Å². The van der Waals surface area contributed by atoms with Gasteiger partial charge in [0, 0.05) is 51.2 Å². The third kappa shape index (κ3) is 8.71. The second kappa shape index (κ2) is 14.7. The molecule has 0 aliphatic carbocycles. The van der Waals surface area contributed by atoms with E-state index in [4.69, 9.17) is 5.26 Å². The Labute approximate surface area is 249 Å². The molecule has 2 amide bonds. The van der Waals surface area contributed by atoms with Crippen molar-refractivity contribution in [3.05, 3.63) is 25.6 Å². The smallest absolute Gasteiger partial charge is 0.358 e. The molecule has 1 saturated heterocycles. The van der Waals surface area contributed by atoms with Crippen molar-refractivity contribution in [1.29, 1.82) is 5.26 Å². The van der Waals surface area contributed by atoms with Crippen molar-refractivity contribution in [2.45, 2.75) is 37.8 Å². The van der Waals surface area contributed by atoms with Crippen molar-refractivity contribution < 1.29 is 87.3 Å². The minimum absolute atomic E-state index is 0. The molecule has 0 bridgehead atoms.